The van der Waals surface area contributed by atoms with Crippen LogP contribution in [0.4, 0.5) is 15.2 Å². The van der Waals surface area contributed by atoms with Gasteiger partial charge in [-0.05, 0) is 67.6 Å². The molecule has 1 saturated carbocycles. The van der Waals surface area contributed by atoms with Crippen LogP contribution in [0.2, 0.25) is 5.02 Å². The molecule has 1 aliphatic rings. The fourth-order valence-corrected chi connectivity index (χ4v) is 6.22. The Balaban J connectivity index is 1.54. The standard InChI is InChI=1S/C24H27ClFN3O2S2/c1-15-23(32-24(28-15)27-14-16-6-4-3-5-7-16)17-8-11-21(31-2)22(12-17)33(30)29-20-10-9-18(25)13-19(20)26/h8-13,16,29H,3-7,14H2,1-2H3,(H,27,28). The monoisotopic (exact) mass is 507 g/mol. The summed E-state index contributed by atoms with van der Waals surface area (Å²) in [6, 6.07) is 9.69. The van der Waals surface area contributed by atoms with Gasteiger partial charge in [-0.2, -0.15) is 0 Å². The van der Waals surface area contributed by atoms with Gasteiger partial charge in [-0.15, -0.1) is 0 Å². The van der Waals surface area contributed by atoms with Gasteiger partial charge in [-0.1, -0.05) is 42.2 Å². The van der Waals surface area contributed by atoms with Crippen molar-refractivity contribution in [1.82, 2.24) is 4.98 Å². The molecule has 0 amide bonds. The largest absolute Gasteiger partial charge is 0.495 e. The van der Waals surface area contributed by atoms with Gasteiger partial charge < -0.3 is 10.1 Å². The van der Waals surface area contributed by atoms with E-state index in [9.17, 15) is 8.60 Å². The predicted molar refractivity (Wildman–Crippen MR) is 135 cm³/mol. The van der Waals surface area contributed by atoms with Gasteiger partial charge >= 0.3 is 0 Å². The van der Waals surface area contributed by atoms with E-state index in [1.807, 2.05) is 13.0 Å². The van der Waals surface area contributed by atoms with Crippen LogP contribution in [0.25, 0.3) is 10.4 Å². The van der Waals surface area contributed by atoms with Crippen molar-refractivity contribution in [2.24, 2.45) is 5.92 Å². The zero-order chi connectivity index (χ0) is 23.4. The third kappa shape index (κ3) is 5.86. The minimum atomic E-state index is -1.74. The lowest BCUT2D eigenvalue weighted by Crippen LogP contribution is -2.16. The smallest absolute Gasteiger partial charge is 0.183 e. The summed E-state index contributed by atoms with van der Waals surface area (Å²) < 4.78 is 35.4. The van der Waals surface area contributed by atoms with E-state index in [4.69, 9.17) is 21.3 Å². The summed E-state index contributed by atoms with van der Waals surface area (Å²) in [5, 5.41) is 4.68. The number of anilines is 2. The maximum Gasteiger partial charge on any atom is 0.183 e. The molecule has 2 aromatic carbocycles. The van der Waals surface area contributed by atoms with Crippen molar-refractivity contribution in [1.29, 1.82) is 0 Å². The van der Waals surface area contributed by atoms with E-state index in [0.717, 1.165) is 27.8 Å². The minimum absolute atomic E-state index is 0.105. The van der Waals surface area contributed by atoms with Crippen molar-refractivity contribution in [2.75, 3.05) is 23.7 Å². The van der Waals surface area contributed by atoms with Gasteiger partial charge in [0, 0.05) is 11.6 Å². The Hall–Kier alpha value is -2.16. The maximum absolute atomic E-state index is 14.2. The average molecular weight is 508 g/mol. The van der Waals surface area contributed by atoms with Crippen LogP contribution in [-0.4, -0.2) is 22.8 Å². The summed E-state index contributed by atoms with van der Waals surface area (Å²) in [6.45, 7) is 2.92. The van der Waals surface area contributed by atoms with Crippen molar-refractivity contribution < 1.29 is 13.3 Å². The van der Waals surface area contributed by atoms with Crippen molar-refractivity contribution in [3.63, 3.8) is 0 Å². The first-order valence-electron chi connectivity index (χ1n) is 11.0. The van der Waals surface area contributed by atoms with Crippen LogP contribution in [0.1, 0.15) is 37.8 Å². The molecule has 0 aliphatic heterocycles. The Labute approximate surface area is 205 Å². The number of aromatic nitrogens is 1. The van der Waals surface area contributed by atoms with Crippen LogP contribution < -0.4 is 14.8 Å². The molecule has 2 N–H and O–H groups in total. The van der Waals surface area contributed by atoms with Gasteiger partial charge in [-0.3, -0.25) is 4.72 Å². The van der Waals surface area contributed by atoms with Crippen molar-refractivity contribution in [3.8, 4) is 16.2 Å². The second kappa shape index (κ2) is 10.8. The van der Waals surface area contributed by atoms with E-state index >= 15 is 0 Å². The van der Waals surface area contributed by atoms with Gasteiger partial charge in [-0.25, -0.2) is 13.6 Å². The quantitative estimate of drug-likeness (QED) is 0.343. The summed E-state index contributed by atoms with van der Waals surface area (Å²) in [6.07, 6.45) is 6.53. The highest BCUT2D eigenvalue weighted by Crippen LogP contribution is 2.37. The van der Waals surface area contributed by atoms with E-state index in [2.05, 4.69) is 10.0 Å². The molecule has 1 aliphatic carbocycles. The molecule has 1 fully saturated rings. The normalized spacial score (nSPS) is 15.3. The number of rotatable bonds is 8. The Morgan fingerprint density at radius 1 is 1.21 bits per heavy atom. The molecule has 1 heterocycles. The van der Waals surface area contributed by atoms with Gasteiger partial charge in [0.15, 0.2) is 16.1 Å². The fourth-order valence-electron chi connectivity index (χ4n) is 4.05. The molecule has 176 valence electrons. The van der Waals surface area contributed by atoms with Crippen molar-refractivity contribution in [3.05, 3.63) is 52.9 Å². The zero-order valence-corrected chi connectivity index (χ0v) is 21.0. The van der Waals surface area contributed by atoms with Crippen LogP contribution in [0.5, 0.6) is 5.75 Å². The Kier molecular flexibility index (Phi) is 7.88. The van der Waals surface area contributed by atoms with Crippen LogP contribution in [0.3, 0.4) is 0 Å². The lowest BCUT2D eigenvalue weighted by Gasteiger charge is -2.21. The second-order valence-corrected chi connectivity index (χ2v) is 10.8. The summed E-state index contributed by atoms with van der Waals surface area (Å²) in [4.78, 5) is 6.12. The van der Waals surface area contributed by atoms with Crippen molar-refractivity contribution >= 4 is 44.7 Å². The SMILES string of the molecule is COc1ccc(-c2sc(NCC3CCCCC3)nc2C)cc1S(=O)Nc1ccc(Cl)cc1F. The van der Waals surface area contributed by atoms with Gasteiger partial charge in [0.05, 0.1) is 23.4 Å². The highest BCUT2D eigenvalue weighted by atomic mass is 35.5. The Morgan fingerprint density at radius 2 is 2.00 bits per heavy atom. The van der Waals surface area contributed by atoms with Crippen LogP contribution >= 0.6 is 22.9 Å². The lowest BCUT2D eigenvalue weighted by molar-refractivity contribution is 0.373. The van der Waals surface area contributed by atoms with Crippen LogP contribution in [0, 0.1) is 18.7 Å². The van der Waals surface area contributed by atoms with Crippen molar-refractivity contribution in [2.45, 2.75) is 43.9 Å². The highest BCUT2D eigenvalue weighted by molar-refractivity contribution is 7.86. The molecule has 33 heavy (non-hydrogen) atoms. The first kappa shape index (κ1) is 24.0. The first-order valence-corrected chi connectivity index (χ1v) is 13.3. The molecule has 1 aromatic heterocycles. The highest BCUT2D eigenvalue weighted by Gasteiger charge is 2.18. The molecular formula is C24H27ClFN3O2S2. The topological polar surface area (TPSA) is 63.2 Å². The molecular weight excluding hydrogens is 481 g/mol. The van der Waals surface area contributed by atoms with Gasteiger partial charge in [0.1, 0.15) is 16.5 Å². The number of hydrogen-bond acceptors (Lipinski definition) is 5. The number of hydrogen-bond donors (Lipinski definition) is 2. The van der Waals surface area contributed by atoms with Gasteiger partial charge in [0.25, 0.3) is 0 Å². The summed E-state index contributed by atoms with van der Waals surface area (Å²) in [5.41, 5.74) is 1.90. The van der Waals surface area contributed by atoms with E-state index in [1.165, 1.54) is 51.3 Å². The predicted octanol–water partition coefficient (Wildman–Crippen LogP) is 7.05. The molecule has 1 unspecified atom stereocenters. The minimum Gasteiger partial charge on any atom is -0.495 e. The fraction of sp³-hybridized carbons (Fsp3) is 0.375. The Morgan fingerprint density at radius 3 is 2.73 bits per heavy atom. The number of methoxy groups -OCH3 is 1. The van der Waals surface area contributed by atoms with E-state index in [1.54, 1.807) is 29.5 Å². The van der Waals surface area contributed by atoms with Crippen LogP contribution in [0.15, 0.2) is 41.3 Å². The summed E-state index contributed by atoms with van der Waals surface area (Å²) in [5.74, 6) is 0.593. The van der Waals surface area contributed by atoms with Crippen LogP contribution in [-0.2, 0) is 11.0 Å². The number of benzene rings is 2. The molecule has 4 rings (SSSR count). The molecule has 3 aromatic rings. The van der Waals surface area contributed by atoms with E-state index in [0.29, 0.717) is 16.6 Å². The average Bonchev–Trinajstić information content (AvgIpc) is 3.20. The summed E-state index contributed by atoms with van der Waals surface area (Å²) >= 11 is 7.40. The third-order valence-corrected chi connectivity index (χ3v) is 8.35. The number of aryl methyl sites for hydroxylation is 1. The molecule has 5 nitrogen and oxygen atoms in total. The van der Waals surface area contributed by atoms with E-state index < -0.39 is 16.8 Å². The molecule has 9 heteroatoms. The number of thiazole rings is 1. The molecule has 1 atom stereocenters. The number of nitrogens with one attached hydrogen (secondary N) is 2. The molecule has 0 bridgehead atoms. The second-order valence-electron chi connectivity index (χ2n) is 8.18. The lowest BCUT2D eigenvalue weighted by atomic mass is 9.89. The zero-order valence-electron chi connectivity index (χ0n) is 18.6. The van der Waals surface area contributed by atoms with Gasteiger partial charge in [0.2, 0.25) is 0 Å². The Bertz CT molecular complexity index is 1150. The molecule has 0 radical (unpaired) electrons. The number of halogens is 2. The number of nitrogens with zero attached hydrogens (tertiary/aromatic N) is 1. The van der Waals surface area contributed by atoms with E-state index in [-0.39, 0.29) is 10.7 Å². The molecule has 0 saturated heterocycles. The number of ether oxygens (including phenoxy) is 1. The summed E-state index contributed by atoms with van der Waals surface area (Å²) in [7, 11) is -0.225. The molecule has 0 spiro atoms. The first-order chi connectivity index (χ1) is 15.9. The maximum atomic E-state index is 14.2. The third-order valence-electron chi connectivity index (χ3n) is 5.82.